The Kier molecular flexibility index (Phi) is 5.70. The molecule has 0 saturated carbocycles. The third-order valence-electron chi connectivity index (χ3n) is 4.11. The van der Waals surface area contributed by atoms with Crippen LogP contribution in [0.25, 0.3) is 0 Å². The molecule has 3 aromatic carbocycles. The van der Waals surface area contributed by atoms with Gasteiger partial charge in [-0.2, -0.15) is 0 Å². The molecule has 0 aliphatic rings. The van der Waals surface area contributed by atoms with Crippen molar-refractivity contribution in [3.8, 4) is 11.5 Å². The fourth-order valence-corrected chi connectivity index (χ4v) is 2.88. The third kappa shape index (κ3) is 4.01. The maximum absolute atomic E-state index is 6.38. The number of methoxy groups -OCH3 is 2. The number of para-hydroxylation sites is 2. The van der Waals surface area contributed by atoms with Gasteiger partial charge in [-0.1, -0.05) is 72.8 Å². The van der Waals surface area contributed by atoms with Crippen LogP contribution in [0, 0.1) is 0 Å². The van der Waals surface area contributed by atoms with E-state index in [2.05, 4.69) is 24.3 Å². The van der Waals surface area contributed by atoms with E-state index >= 15 is 0 Å². The van der Waals surface area contributed by atoms with Crippen molar-refractivity contribution < 1.29 is 14.2 Å². The molecule has 0 unspecified atom stereocenters. The van der Waals surface area contributed by atoms with Gasteiger partial charge in [-0.3, -0.25) is 0 Å². The van der Waals surface area contributed by atoms with Crippen molar-refractivity contribution in [1.82, 2.24) is 0 Å². The van der Waals surface area contributed by atoms with Gasteiger partial charge in [-0.05, 0) is 23.3 Å². The first kappa shape index (κ1) is 17.1. The molecule has 2 atom stereocenters. The second-order valence-electron chi connectivity index (χ2n) is 5.67. The summed E-state index contributed by atoms with van der Waals surface area (Å²) >= 11 is 0. The first-order valence-electron chi connectivity index (χ1n) is 8.26. The molecule has 3 nitrogen and oxygen atoms in total. The first-order valence-corrected chi connectivity index (χ1v) is 8.26. The summed E-state index contributed by atoms with van der Waals surface area (Å²) in [7, 11) is 3.35. The van der Waals surface area contributed by atoms with E-state index < -0.39 is 0 Å². The van der Waals surface area contributed by atoms with Gasteiger partial charge in [0.25, 0.3) is 0 Å². The number of benzene rings is 3. The molecular formula is C22H22O3. The normalized spacial score (nSPS) is 13.0. The Labute approximate surface area is 148 Å². The van der Waals surface area contributed by atoms with E-state index in [0.29, 0.717) is 11.5 Å². The van der Waals surface area contributed by atoms with Crippen LogP contribution >= 0.6 is 0 Å². The maximum Gasteiger partial charge on any atom is 0.162 e. The van der Waals surface area contributed by atoms with E-state index in [-0.39, 0.29) is 12.2 Å². The monoisotopic (exact) mass is 334 g/mol. The summed E-state index contributed by atoms with van der Waals surface area (Å²) < 4.78 is 17.6. The Hall–Kier alpha value is -2.78. The van der Waals surface area contributed by atoms with Gasteiger partial charge in [-0.25, -0.2) is 0 Å². The van der Waals surface area contributed by atoms with Crippen LogP contribution in [0.15, 0.2) is 84.9 Å². The summed E-state index contributed by atoms with van der Waals surface area (Å²) in [5, 5.41) is 0. The topological polar surface area (TPSA) is 27.7 Å². The standard InChI is InChI=1S/C22H22O3/c1-23-19-15-9-10-16-20(19)25-22(18-13-7-4-8-14-18)21(24-2)17-11-5-3-6-12-17/h3-16,21-22H,1-2H3/t21-,22-/m1/s1. The van der Waals surface area contributed by atoms with Gasteiger partial charge in [0, 0.05) is 7.11 Å². The average molecular weight is 334 g/mol. The highest BCUT2D eigenvalue weighted by Crippen LogP contribution is 2.38. The number of rotatable bonds is 7. The molecule has 0 saturated heterocycles. The molecule has 3 heteroatoms. The molecule has 0 spiro atoms. The van der Waals surface area contributed by atoms with E-state index in [4.69, 9.17) is 14.2 Å². The number of hydrogen-bond acceptors (Lipinski definition) is 3. The quantitative estimate of drug-likeness (QED) is 0.594. The maximum atomic E-state index is 6.38. The van der Waals surface area contributed by atoms with Gasteiger partial charge < -0.3 is 14.2 Å². The van der Waals surface area contributed by atoms with E-state index in [1.165, 1.54) is 0 Å². The number of ether oxygens (including phenoxy) is 3. The van der Waals surface area contributed by atoms with Crippen molar-refractivity contribution in [2.75, 3.05) is 14.2 Å². The van der Waals surface area contributed by atoms with Gasteiger partial charge in [0.05, 0.1) is 7.11 Å². The molecular weight excluding hydrogens is 312 g/mol. The molecule has 0 heterocycles. The number of hydrogen-bond donors (Lipinski definition) is 0. The molecule has 0 aliphatic heterocycles. The zero-order valence-electron chi connectivity index (χ0n) is 14.5. The molecule has 0 N–H and O–H groups in total. The minimum Gasteiger partial charge on any atom is -0.493 e. The van der Waals surface area contributed by atoms with Gasteiger partial charge in [-0.15, -0.1) is 0 Å². The summed E-state index contributed by atoms with van der Waals surface area (Å²) in [6.45, 7) is 0. The summed E-state index contributed by atoms with van der Waals surface area (Å²) in [5.41, 5.74) is 2.11. The van der Waals surface area contributed by atoms with E-state index in [9.17, 15) is 0 Å². The molecule has 25 heavy (non-hydrogen) atoms. The van der Waals surface area contributed by atoms with E-state index in [1.807, 2.05) is 60.7 Å². The van der Waals surface area contributed by atoms with E-state index in [0.717, 1.165) is 11.1 Å². The smallest absolute Gasteiger partial charge is 0.162 e. The average Bonchev–Trinajstić information content (AvgIpc) is 2.69. The molecule has 0 bridgehead atoms. The Morgan fingerprint density at radius 3 is 1.56 bits per heavy atom. The van der Waals surface area contributed by atoms with E-state index in [1.54, 1.807) is 14.2 Å². The van der Waals surface area contributed by atoms with Crippen molar-refractivity contribution in [2.24, 2.45) is 0 Å². The molecule has 0 aromatic heterocycles. The SMILES string of the molecule is COc1ccccc1O[C@H](c1ccccc1)[C@H](OC)c1ccccc1. The van der Waals surface area contributed by atoms with Crippen LogP contribution in [-0.4, -0.2) is 14.2 Å². The van der Waals surface area contributed by atoms with Gasteiger partial charge in [0.1, 0.15) is 6.10 Å². The largest absolute Gasteiger partial charge is 0.493 e. The highest BCUT2D eigenvalue weighted by molar-refractivity contribution is 5.40. The van der Waals surface area contributed by atoms with Crippen molar-refractivity contribution in [2.45, 2.75) is 12.2 Å². The predicted octanol–water partition coefficient (Wildman–Crippen LogP) is 5.20. The van der Waals surface area contributed by atoms with Crippen molar-refractivity contribution in [3.05, 3.63) is 96.1 Å². The lowest BCUT2D eigenvalue weighted by molar-refractivity contribution is -0.00202. The molecule has 128 valence electrons. The Balaban J connectivity index is 2.01. The van der Waals surface area contributed by atoms with Crippen LogP contribution in [0.3, 0.4) is 0 Å². The zero-order valence-corrected chi connectivity index (χ0v) is 14.5. The van der Waals surface area contributed by atoms with Crippen LogP contribution in [0.4, 0.5) is 0 Å². The van der Waals surface area contributed by atoms with Crippen LogP contribution in [0.1, 0.15) is 23.3 Å². The summed E-state index contributed by atoms with van der Waals surface area (Å²) in [4.78, 5) is 0. The zero-order chi connectivity index (χ0) is 17.5. The highest BCUT2D eigenvalue weighted by Gasteiger charge is 2.27. The minimum atomic E-state index is -0.301. The van der Waals surface area contributed by atoms with Crippen LogP contribution in [0.5, 0.6) is 11.5 Å². The fraction of sp³-hybridized carbons (Fsp3) is 0.182. The minimum absolute atomic E-state index is 0.242. The van der Waals surface area contributed by atoms with Gasteiger partial charge >= 0.3 is 0 Å². The predicted molar refractivity (Wildman–Crippen MR) is 99.0 cm³/mol. The Morgan fingerprint density at radius 2 is 1.04 bits per heavy atom. The lowest BCUT2D eigenvalue weighted by Gasteiger charge is -2.28. The molecule has 0 amide bonds. The van der Waals surface area contributed by atoms with Crippen molar-refractivity contribution in [3.63, 3.8) is 0 Å². The molecule has 3 rings (SSSR count). The lowest BCUT2D eigenvalue weighted by Crippen LogP contribution is -2.19. The third-order valence-corrected chi connectivity index (χ3v) is 4.11. The summed E-state index contributed by atoms with van der Waals surface area (Å²) in [6, 6.07) is 27.9. The van der Waals surface area contributed by atoms with Crippen molar-refractivity contribution >= 4 is 0 Å². The molecule has 0 fully saturated rings. The molecule has 0 radical (unpaired) electrons. The van der Waals surface area contributed by atoms with Gasteiger partial charge in [0.15, 0.2) is 17.6 Å². The Bertz CT molecular complexity index is 772. The fourth-order valence-electron chi connectivity index (χ4n) is 2.88. The summed E-state index contributed by atoms with van der Waals surface area (Å²) in [5.74, 6) is 1.39. The highest BCUT2D eigenvalue weighted by atomic mass is 16.5. The molecule has 3 aromatic rings. The first-order chi connectivity index (χ1) is 12.3. The van der Waals surface area contributed by atoms with Crippen LogP contribution < -0.4 is 9.47 Å². The van der Waals surface area contributed by atoms with Gasteiger partial charge in [0.2, 0.25) is 0 Å². The molecule has 0 aliphatic carbocycles. The van der Waals surface area contributed by atoms with Crippen LogP contribution in [0.2, 0.25) is 0 Å². The second-order valence-corrected chi connectivity index (χ2v) is 5.67. The Morgan fingerprint density at radius 1 is 0.560 bits per heavy atom. The van der Waals surface area contributed by atoms with Crippen molar-refractivity contribution in [1.29, 1.82) is 0 Å². The summed E-state index contributed by atoms with van der Waals surface area (Å²) in [6.07, 6.45) is -0.543. The van der Waals surface area contributed by atoms with Crippen LogP contribution in [-0.2, 0) is 4.74 Å². The second kappa shape index (κ2) is 8.36. The lowest BCUT2D eigenvalue weighted by atomic mass is 9.98.